The number of thiophene rings is 1. The molecule has 0 spiro atoms. The number of hydrogen-bond acceptors (Lipinski definition) is 6. The molecule has 0 aliphatic carbocycles. The van der Waals surface area contributed by atoms with Crippen LogP contribution in [0.3, 0.4) is 0 Å². The molecule has 6 nitrogen and oxygen atoms in total. The van der Waals surface area contributed by atoms with Gasteiger partial charge in [-0.05, 0) is 61.2 Å². The Balaban J connectivity index is 1.77. The minimum absolute atomic E-state index is 0.135. The Labute approximate surface area is 178 Å². The lowest BCUT2D eigenvalue weighted by Crippen LogP contribution is -2.31. The second kappa shape index (κ2) is 8.04. The van der Waals surface area contributed by atoms with Crippen LogP contribution >= 0.6 is 23.1 Å². The van der Waals surface area contributed by atoms with E-state index in [-0.39, 0.29) is 11.9 Å². The lowest BCUT2D eigenvalue weighted by molar-refractivity contribution is -0.113. The molecule has 3 heterocycles. The number of benzene rings is 1. The molecule has 2 N–H and O–H groups in total. The molecule has 8 heteroatoms. The standard InChI is InChI=1S/C21H23N5OS2/c1-5-28-21-24-20-22-14(4)16(19(27)23-15-8-6-7-12(2)11-15)17(26(20)25-21)18-13(3)9-10-29-18/h6-11,17H,5H2,1-4H3,(H,23,27)(H,22,24,25). The van der Waals surface area contributed by atoms with Gasteiger partial charge in [0, 0.05) is 16.3 Å². The zero-order valence-electron chi connectivity index (χ0n) is 16.8. The van der Waals surface area contributed by atoms with E-state index in [4.69, 9.17) is 5.10 Å². The van der Waals surface area contributed by atoms with Crippen molar-refractivity contribution >= 4 is 40.6 Å². The van der Waals surface area contributed by atoms with Crippen molar-refractivity contribution in [3.8, 4) is 0 Å². The molecule has 1 unspecified atom stereocenters. The van der Waals surface area contributed by atoms with Gasteiger partial charge in [0.25, 0.3) is 5.91 Å². The third kappa shape index (κ3) is 3.82. The summed E-state index contributed by atoms with van der Waals surface area (Å²) >= 11 is 3.23. The monoisotopic (exact) mass is 425 g/mol. The number of aromatic nitrogens is 3. The zero-order valence-corrected chi connectivity index (χ0v) is 18.4. The van der Waals surface area contributed by atoms with Crippen LogP contribution in [-0.4, -0.2) is 26.4 Å². The van der Waals surface area contributed by atoms with Crippen molar-refractivity contribution in [2.45, 2.75) is 38.9 Å². The van der Waals surface area contributed by atoms with Gasteiger partial charge in [-0.2, -0.15) is 4.98 Å². The molecule has 0 saturated heterocycles. The first-order valence-electron chi connectivity index (χ1n) is 9.47. The molecule has 150 valence electrons. The van der Waals surface area contributed by atoms with Gasteiger partial charge in [-0.1, -0.05) is 30.8 Å². The third-order valence-electron chi connectivity index (χ3n) is 4.78. The molecule has 2 aromatic heterocycles. The van der Waals surface area contributed by atoms with E-state index in [1.54, 1.807) is 23.1 Å². The quantitative estimate of drug-likeness (QED) is 0.563. The van der Waals surface area contributed by atoms with E-state index >= 15 is 0 Å². The highest BCUT2D eigenvalue weighted by atomic mass is 32.2. The summed E-state index contributed by atoms with van der Waals surface area (Å²) in [7, 11) is 0. The van der Waals surface area contributed by atoms with Gasteiger partial charge in [0.15, 0.2) is 0 Å². The minimum atomic E-state index is -0.310. The van der Waals surface area contributed by atoms with Gasteiger partial charge in [0.2, 0.25) is 11.1 Å². The predicted molar refractivity (Wildman–Crippen MR) is 120 cm³/mol. The summed E-state index contributed by atoms with van der Waals surface area (Å²) in [5.74, 6) is 1.42. The Hall–Kier alpha value is -2.58. The predicted octanol–water partition coefficient (Wildman–Crippen LogP) is 5.00. The molecular weight excluding hydrogens is 402 g/mol. The molecule has 0 bridgehead atoms. The Morgan fingerprint density at radius 2 is 2.14 bits per heavy atom. The van der Waals surface area contributed by atoms with E-state index in [2.05, 4.69) is 40.9 Å². The average Bonchev–Trinajstić information content (AvgIpc) is 3.26. The number of nitrogens with zero attached hydrogens (tertiary/aromatic N) is 3. The highest BCUT2D eigenvalue weighted by Gasteiger charge is 2.35. The number of thioether (sulfide) groups is 1. The number of aryl methyl sites for hydroxylation is 2. The molecule has 0 fully saturated rings. The fourth-order valence-electron chi connectivity index (χ4n) is 3.44. The second-order valence-corrected chi connectivity index (χ2v) is 9.13. The average molecular weight is 426 g/mol. The second-order valence-electron chi connectivity index (χ2n) is 6.95. The van der Waals surface area contributed by atoms with E-state index in [9.17, 15) is 4.79 Å². The van der Waals surface area contributed by atoms with Gasteiger partial charge < -0.3 is 10.6 Å². The van der Waals surface area contributed by atoms with E-state index < -0.39 is 0 Å². The number of rotatable bonds is 5. The molecule has 4 rings (SSSR count). The lowest BCUT2D eigenvalue weighted by atomic mass is 9.98. The van der Waals surface area contributed by atoms with Crippen molar-refractivity contribution in [3.63, 3.8) is 0 Å². The molecule has 1 aromatic carbocycles. The van der Waals surface area contributed by atoms with Gasteiger partial charge in [0.05, 0.1) is 5.57 Å². The van der Waals surface area contributed by atoms with Crippen LogP contribution in [0.5, 0.6) is 0 Å². The van der Waals surface area contributed by atoms with Crippen molar-refractivity contribution in [2.24, 2.45) is 0 Å². The molecule has 1 amide bonds. The largest absolute Gasteiger partial charge is 0.328 e. The van der Waals surface area contributed by atoms with Crippen molar-refractivity contribution in [1.82, 2.24) is 14.8 Å². The Morgan fingerprint density at radius 1 is 1.31 bits per heavy atom. The number of hydrogen-bond donors (Lipinski definition) is 2. The minimum Gasteiger partial charge on any atom is -0.328 e. The SMILES string of the molecule is CCSc1nc2n(n1)C(c1sccc1C)C(C(=O)Nc1cccc(C)c1)=C(C)N2. The maximum Gasteiger partial charge on any atom is 0.255 e. The van der Waals surface area contributed by atoms with E-state index in [0.29, 0.717) is 16.7 Å². The fraction of sp³-hybridized carbons (Fsp3) is 0.286. The molecule has 1 atom stereocenters. The number of fused-ring (bicyclic) bond motifs is 1. The summed E-state index contributed by atoms with van der Waals surface area (Å²) in [6.45, 7) is 8.07. The summed E-state index contributed by atoms with van der Waals surface area (Å²) in [6.07, 6.45) is 0. The van der Waals surface area contributed by atoms with E-state index in [1.165, 1.54) is 0 Å². The summed E-state index contributed by atoms with van der Waals surface area (Å²) in [5.41, 5.74) is 4.47. The molecule has 1 aliphatic heterocycles. The van der Waals surface area contributed by atoms with Crippen LogP contribution in [0.15, 0.2) is 52.1 Å². The number of nitrogens with one attached hydrogen (secondary N) is 2. The summed E-state index contributed by atoms with van der Waals surface area (Å²) in [5, 5.41) is 13.8. The van der Waals surface area contributed by atoms with Crippen LogP contribution in [0.2, 0.25) is 0 Å². The Bertz CT molecular complexity index is 1100. The first-order valence-corrected chi connectivity index (χ1v) is 11.3. The molecule has 3 aromatic rings. The number of anilines is 2. The topological polar surface area (TPSA) is 71.8 Å². The van der Waals surface area contributed by atoms with Crippen LogP contribution < -0.4 is 10.6 Å². The maximum absolute atomic E-state index is 13.4. The van der Waals surface area contributed by atoms with Crippen LogP contribution in [0.1, 0.15) is 35.9 Å². The highest BCUT2D eigenvalue weighted by Crippen LogP contribution is 2.39. The smallest absolute Gasteiger partial charge is 0.255 e. The molecule has 0 saturated carbocycles. The maximum atomic E-state index is 13.4. The van der Waals surface area contributed by atoms with Gasteiger partial charge in [0.1, 0.15) is 6.04 Å². The van der Waals surface area contributed by atoms with Crippen molar-refractivity contribution < 1.29 is 4.79 Å². The number of amides is 1. The first kappa shape index (κ1) is 19.7. The number of carbonyl (C=O) groups excluding carboxylic acids is 1. The molecule has 29 heavy (non-hydrogen) atoms. The lowest BCUT2D eigenvalue weighted by Gasteiger charge is -2.28. The highest BCUT2D eigenvalue weighted by molar-refractivity contribution is 7.99. The zero-order chi connectivity index (χ0) is 20.5. The normalized spacial score (nSPS) is 15.8. The van der Waals surface area contributed by atoms with Crippen LogP contribution in [0.4, 0.5) is 11.6 Å². The van der Waals surface area contributed by atoms with Crippen LogP contribution in [-0.2, 0) is 4.79 Å². The van der Waals surface area contributed by atoms with E-state index in [1.807, 2.05) is 42.8 Å². The molecule has 0 radical (unpaired) electrons. The van der Waals surface area contributed by atoms with E-state index in [0.717, 1.165) is 33.1 Å². The summed E-state index contributed by atoms with van der Waals surface area (Å²) < 4.78 is 1.84. The van der Waals surface area contributed by atoms with Gasteiger partial charge in [-0.25, -0.2) is 4.68 Å². The van der Waals surface area contributed by atoms with Crippen LogP contribution in [0, 0.1) is 13.8 Å². The van der Waals surface area contributed by atoms with Gasteiger partial charge in [-0.15, -0.1) is 16.4 Å². The Morgan fingerprint density at radius 3 is 2.83 bits per heavy atom. The number of carbonyl (C=O) groups is 1. The Kier molecular flexibility index (Phi) is 5.47. The van der Waals surface area contributed by atoms with Crippen LogP contribution in [0.25, 0.3) is 0 Å². The summed E-state index contributed by atoms with van der Waals surface area (Å²) in [4.78, 5) is 19.1. The van der Waals surface area contributed by atoms with Crippen molar-refractivity contribution in [1.29, 1.82) is 0 Å². The van der Waals surface area contributed by atoms with Gasteiger partial charge in [-0.3, -0.25) is 4.79 Å². The number of allylic oxidation sites excluding steroid dienone is 1. The molecule has 1 aliphatic rings. The fourth-order valence-corrected chi connectivity index (χ4v) is 5.02. The van der Waals surface area contributed by atoms with Gasteiger partial charge >= 0.3 is 0 Å². The van der Waals surface area contributed by atoms with Crippen molar-refractivity contribution in [2.75, 3.05) is 16.4 Å². The first-order chi connectivity index (χ1) is 14.0. The van der Waals surface area contributed by atoms with Crippen molar-refractivity contribution in [3.05, 3.63) is 63.0 Å². The third-order valence-corrected chi connectivity index (χ3v) is 6.57. The molecular formula is C21H23N5OS2. The summed E-state index contributed by atoms with van der Waals surface area (Å²) in [6, 6.07) is 9.58.